The van der Waals surface area contributed by atoms with E-state index in [9.17, 15) is 14.7 Å². The summed E-state index contributed by atoms with van der Waals surface area (Å²) < 4.78 is 5.02. The first-order valence-electron chi connectivity index (χ1n) is 9.65. The van der Waals surface area contributed by atoms with E-state index in [4.69, 9.17) is 4.74 Å². The highest BCUT2D eigenvalue weighted by atomic mass is 16.5. The lowest BCUT2D eigenvalue weighted by atomic mass is 10.1. The number of unbranched alkanes of at least 4 members (excludes halogenated alkanes) is 1. The Bertz CT molecular complexity index is 598. The highest BCUT2D eigenvalue weighted by Gasteiger charge is 2.29. The van der Waals surface area contributed by atoms with Crippen LogP contribution in [0.25, 0.3) is 0 Å². The average molecular weight is 377 g/mol. The van der Waals surface area contributed by atoms with Crippen molar-refractivity contribution < 1.29 is 19.4 Å². The third-order valence-corrected chi connectivity index (χ3v) is 4.83. The molecule has 1 fully saturated rings. The molecule has 1 aromatic rings. The molecule has 1 aromatic carbocycles. The van der Waals surface area contributed by atoms with Gasteiger partial charge in [-0.3, -0.25) is 14.6 Å². The molecule has 1 heterocycles. The van der Waals surface area contributed by atoms with Gasteiger partial charge in [0.2, 0.25) is 0 Å². The molecule has 2 rings (SSSR count). The molecule has 1 aliphatic rings. The number of carbonyl (C=O) groups excluding carboxylic acids is 1. The molecule has 2 N–H and O–H groups in total. The Kier molecular flexibility index (Phi) is 8.54. The van der Waals surface area contributed by atoms with Crippen molar-refractivity contribution in [3.8, 4) is 0 Å². The van der Waals surface area contributed by atoms with Crippen LogP contribution >= 0.6 is 0 Å². The van der Waals surface area contributed by atoms with Gasteiger partial charge in [-0.05, 0) is 18.9 Å². The van der Waals surface area contributed by atoms with Gasteiger partial charge in [-0.15, -0.1) is 0 Å². The fraction of sp³-hybridized carbons (Fsp3) is 0.600. The molecule has 7 nitrogen and oxygen atoms in total. The standard InChI is InChI=1S/C20H31N3O4/c1-3-4-13-27-20(26)21-14-18(19(24)25)23-11-9-22(10-12-23)15-17-7-5-16(2)6-8-17/h5-8,18H,3-4,9-15H2,1-2H3,(H,21,26)(H,24,25). The van der Waals surface area contributed by atoms with Crippen LogP contribution in [0.3, 0.4) is 0 Å². The van der Waals surface area contributed by atoms with Crippen LogP contribution in [-0.2, 0) is 16.1 Å². The zero-order chi connectivity index (χ0) is 19.6. The van der Waals surface area contributed by atoms with Crippen LogP contribution in [0, 0.1) is 6.92 Å². The lowest BCUT2D eigenvalue weighted by molar-refractivity contribution is -0.143. The van der Waals surface area contributed by atoms with E-state index in [1.165, 1.54) is 11.1 Å². The lowest BCUT2D eigenvalue weighted by Gasteiger charge is -2.37. The van der Waals surface area contributed by atoms with E-state index in [1.54, 1.807) is 0 Å². The number of carbonyl (C=O) groups is 2. The average Bonchev–Trinajstić information content (AvgIpc) is 2.65. The van der Waals surface area contributed by atoms with E-state index in [-0.39, 0.29) is 6.54 Å². The van der Waals surface area contributed by atoms with Gasteiger partial charge in [0.1, 0.15) is 6.04 Å². The molecule has 27 heavy (non-hydrogen) atoms. The molecule has 1 aliphatic heterocycles. The Morgan fingerprint density at radius 2 is 1.85 bits per heavy atom. The number of nitrogens with one attached hydrogen (secondary N) is 1. The van der Waals surface area contributed by atoms with Gasteiger partial charge in [0, 0.05) is 39.3 Å². The highest BCUT2D eigenvalue weighted by Crippen LogP contribution is 2.12. The third kappa shape index (κ3) is 7.19. The van der Waals surface area contributed by atoms with Crippen LogP contribution in [-0.4, -0.2) is 72.3 Å². The molecule has 1 atom stereocenters. The van der Waals surface area contributed by atoms with Crippen LogP contribution in [0.4, 0.5) is 4.79 Å². The number of hydrogen-bond acceptors (Lipinski definition) is 5. The molecule has 0 radical (unpaired) electrons. The molecule has 0 aromatic heterocycles. The van der Waals surface area contributed by atoms with Crippen molar-refractivity contribution in [3.05, 3.63) is 35.4 Å². The van der Waals surface area contributed by atoms with Gasteiger partial charge >= 0.3 is 12.1 Å². The molecule has 0 saturated carbocycles. The highest BCUT2D eigenvalue weighted by molar-refractivity contribution is 5.75. The quantitative estimate of drug-likeness (QED) is 0.642. The third-order valence-electron chi connectivity index (χ3n) is 4.83. The normalized spacial score (nSPS) is 16.7. The predicted octanol–water partition coefficient (Wildman–Crippen LogP) is 2.09. The van der Waals surface area contributed by atoms with Crippen LogP contribution < -0.4 is 5.32 Å². The minimum absolute atomic E-state index is 0.0538. The molecule has 1 amide bonds. The van der Waals surface area contributed by atoms with E-state index in [0.717, 1.165) is 32.5 Å². The number of nitrogens with zero attached hydrogens (tertiary/aromatic N) is 2. The maximum atomic E-state index is 11.7. The second-order valence-corrected chi connectivity index (χ2v) is 7.02. The number of alkyl carbamates (subject to hydrolysis) is 1. The Morgan fingerprint density at radius 3 is 2.44 bits per heavy atom. The smallest absolute Gasteiger partial charge is 0.407 e. The summed E-state index contributed by atoms with van der Waals surface area (Å²) in [4.78, 5) is 27.5. The van der Waals surface area contributed by atoms with E-state index in [2.05, 4.69) is 41.4 Å². The largest absolute Gasteiger partial charge is 0.480 e. The Morgan fingerprint density at radius 1 is 1.19 bits per heavy atom. The van der Waals surface area contributed by atoms with Gasteiger partial charge in [-0.1, -0.05) is 43.2 Å². The molecule has 0 spiro atoms. The van der Waals surface area contributed by atoms with Crippen molar-refractivity contribution in [1.82, 2.24) is 15.1 Å². The Hall–Kier alpha value is -2.12. The van der Waals surface area contributed by atoms with Crippen molar-refractivity contribution in [2.75, 3.05) is 39.3 Å². The Labute approximate surface area is 161 Å². The summed E-state index contributed by atoms with van der Waals surface area (Å²) >= 11 is 0. The zero-order valence-electron chi connectivity index (χ0n) is 16.3. The van der Waals surface area contributed by atoms with Gasteiger partial charge in [-0.25, -0.2) is 4.79 Å². The van der Waals surface area contributed by atoms with Gasteiger partial charge < -0.3 is 15.2 Å². The number of aliphatic carboxylic acids is 1. The van der Waals surface area contributed by atoms with E-state index >= 15 is 0 Å². The van der Waals surface area contributed by atoms with Crippen LogP contribution in [0.2, 0.25) is 0 Å². The first-order valence-corrected chi connectivity index (χ1v) is 9.65. The van der Waals surface area contributed by atoms with Crippen molar-refractivity contribution >= 4 is 12.1 Å². The first-order chi connectivity index (χ1) is 13.0. The van der Waals surface area contributed by atoms with Crippen molar-refractivity contribution in [2.45, 2.75) is 39.3 Å². The molecular formula is C20H31N3O4. The zero-order valence-corrected chi connectivity index (χ0v) is 16.3. The molecule has 0 bridgehead atoms. The minimum atomic E-state index is -0.921. The SMILES string of the molecule is CCCCOC(=O)NCC(C(=O)O)N1CCN(Cc2ccc(C)cc2)CC1. The summed E-state index contributed by atoms with van der Waals surface area (Å²) in [6.07, 6.45) is 1.20. The molecule has 1 saturated heterocycles. The van der Waals surface area contributed by atoms with Gasteiger partial charge in [0.05, 0.1) is 6.61 Å². The van der Waals surface area contributed by atoms with Gasteiger partial charge in [-0.2, -0.15) is 0 Å². The summed E-state index contributed by atoms with van der Waals surface area (Å²) in [5, 5.41) is 12.1. The van der Waals surface area contributed by atoms with Crippen molar-refractivity contribution in [1.29, 1.82) is 0 Å². The second kappa shape index (κ2) is 10.9. The number of carboxylic acid groups (broad SMARTS) is 1. The summed E-state index contributed by atoms with van der Waals surface area (Å²) in [6.45, 7) is 8.30. The number of ether oxygens (including phenoxy) is 1. The fourth-order valence-corrected chi connectivity index (χ4v) is 3.10. The van der Waals surface area contributed by atoms with Crippen LogP contribution in [0.15, 0.2) is 24.3 Å². The molecule has 7 heteroatoms. The van der Waals surface area contributed by atoms with Crippen molar-refractivity contribution in [2.24, 2.45) is 0 Å². The molecule has 150 valence electrons. The van der Waals surface area contributed by atoms with Gasteiger partial charge in [0.15, 0.2) is 0 Å². The number of hydrogen-bond donors (Lipinski definition) is 2. The van der Waals surface area contributed by atoms with E-state index in [0.29, 0.717) is 19.7 Å². The second-order valence-electron chi connectivity index (χ2n) is 7.02. The number of amides is 1. The first kappa shape index (κ1) is 21.2. The summed E-state index contributed by atoms with van der Waals surface area (Å²) in [7, 11) is 0. The maximum Gasteiger partial charge on any atom is 0.407 e. The topological polar surface area (TPSA) is 82.1 Å². The van der Waals surface area contributed by atoms with Crippen LogP contribution in [0.1, 0.15) is 30.9 Å². The Balaban J connectivity index is 1.77. The van der Waals surface area contributed by atoms with E-state index in [1.807, 2.05) is 11.8 Å². The number of benzene rings is 1. The van der Waals surface area contributed by atoms with Crippen molar-refractivity contribution in [3.63, 3.8) is 0 Å². The van der Waals surface area contributed by atoms with E-state index < -0.39 is 18.1 Å². The minimum Gasteiger partial charge on any atom is -0.480 e. The molecular weight excluding hydrogens is 346 g/mol. The van der Waals surface area contributed by atoms with Gasteiger partial charge in [0.25, 0.3) is 0 Å². The number of aryl methyl sites for hydroxylation is 1. The monoisotopic (exact) mass is 377 g/mol. The number of carboxylic acids is 1. The lowest BCUT2D eigenvalue weighted by Crippen LogP contribution is -2.55. The molecule has 0 aliphatic carbocycles. The number of rotatable bonds is 9. The molecule has 1 unspecified atom stereocenters. The fourth-order valence-electron chi connectivity index (χ4n) is 3.10. The summed E-state index contributed by atoms with van der Waals surface area (Å²) in [5.41, 5.74) is 2.51. The maximum absolute atomic E-state index is 11.7. The summed E-state index contributed by atoms with van der Waals surface area (Å²) in [6, 6.07) is 7.76. The summed E-state index contributed by atoms with van der Waals surface area (Å²) in [5.74, 6) is -0.921. The number of piperazine rings is 1. The van der Waals surface area contributed by atoms with Crippen LogP contribution in [0.5, 0.6) is 0 Å². The predicted molar refractivity (Wildman–Crippen MR) is 104 cm³/mol.